The Labute approximate surface area is 121 Å². The van der Waals surface area contributed by atoms with Gasteiger partial charge in [-0.15, -0.1) is 0 Å². The summed E-state index contributed by atoms with van der Waals surface area (Å²) in [4.78, 5) is 11.0. The van der Waals surface area contributed by atoms with Gasteiger partial charge in [-0.25, -0.2) is 0 Å². The lowest BCUT2D eigenvalue weighted by atomic mass is 9.89. The number of rotatable bonds is 6. The van der Waals surface area contributed by atoms with Crippen LogP contribution >= 0.6 is 0 Å². The lowest BCUT2D eigenvalue weighted by Crippen LogP contribution is -2.06. The minimum atomic E-state index is -0.417. The minimum Gasteiger partial charge on any atom is -0.469 e. The van der Waals surface area contributed by atoms with E-state index in [0.717, 1.165) is 24.8 Å². The molecule has 0 amide bonds. The molecule has 0 saturated carbocycles. The number of methoxy groups -OCH3 is 1. The van der Waals surface area contributed by atoms with Gasteiger partial charge in [-0.1, -0.05) is 18.2 Å². The van der Waals surface area contributed by atoms with Crippen molar-refractivity contribution in [3.05, 3.63) is 34.9 Å². The van der Waals surface area contributed by atoms with Crippen LogP contribution < -0.4 is 0 Å². The fraction of sp³-hybridized carbons (Fsp3) is 0.588. The van der Waals surface area contributed by atoms with Gasteiger partial charge in [-0.05, 0) is 61.6 Å². The second-order valence-electron chi connectivity index (χ2n) is 5.57. The zero-order valence-electron chi connectivity index (χ0n) is 12.2. The molecule has 1 N–H and O–H groups in total. The van der Waals surface area contributed by atoms with Crippen molar-refractivity contribution >= 4 is 5.97 Å². The first-order chi connectivity index (χ1) is 9.70. The van der Waals surface area contributed by atoms with Gasteiger partial charge in [-0.3, -0.25) is 4.79 Å². The number of aliphatic hydroxyl groups is 1. The van der Waals surface area contributed by atoms with Gasteiger partial charge in [-0.2, -0.15) is 0 Å². The summed E-state index contributed by atoms with van der Waals surface area (Å²) >= 11 is 0. The van der Waals surface area contributed by atoms with E-state index in [4.69, 9.17) is 0 Å². The molecule has 0 spiro atoms. The van der Waals surface area contributed by atoms with E-state index in [-0.39, 0.29) is 5.97 Å². The van der Waals surface area contributed by atoms with Crippen LogP contribution in [0.3, 0.4) is 0 Å². The van der Waals surface area contributed by atoms with Gasteiger partial charge in [0.2, 0.25) is 0 Å². The highest BCUT2D eigenvalue weighted by atomic mass is 16.5. The number of carbonyl (C=O) groups excluding carboxylic acids is 1. The van der Waals surface area contributed by atoms with E-state index in [1.54, 1.807) is 0 Å². The van der Waals surface area contributed by atoms with Crippen molar-refractivity contribution in [3.8, 4) is 0 Å². The topological polar surface area (TPSA) is 46.5 Å². The average molecular weight is 276 g/mol. The Kier molecular flexibility index (Phi) is 5.60. The van der Waals surface area contributed by atoms with E-state index in [1.165, 1.54) is 37.5 Å². The zero-order chi connectivity index (χ0) is 14.4. The normalized spacial score (nSPS) is 15.5. The van der Waals surface area contributed by atoms with E-state index in [9.17, 15) is 9.90 Å². The van der Waals surface area contributed by atoms with Gasteiger partial charge >= 0.3 is 5.97 Å². The molecule has 0 fully saturated rings. The second-order valence-corrected chi connectivity index (χ2v) is 5.57. The second kappa shape index (κ2) is 7.44. The fourth-order valence-electron chi connectivity index (χ4n) is 2.84. The first-order valence-electron chi connectivity index (χ1n) is 7.57. The summed E-state index contributed by atoms with van der Waals surface area (Å²) in [6.45, 7) is 0. The third-order valence-corrected chi connectivity index (χ3v) is 4.09. The molecular formula is C17H24O3. The van der Waals surface area contributed by atoms with Crippen molar-refractivity contribution in [2.45, 2.75) is 57.5 Å². The average Bonchev–Trinajstić information content (AvgIpc) is 2.50. The number of hydrogen-bond acceptors (Lipinski definition) is 3. The highest BCUT2D eigenvalue weighted by molar-refractivity contribution is 5.68. The van der Waals surface area contributed by atoms with Crippen LogP contribution in [0, 0.1) is 0 Å². The number of fused-ring (bicyclic) bond motifs is 1. The van der Waals surface area contributed by atoms with Crippen LogP contribution in [0.15, 0.2) is 18.2 Å². The molecule has 110 valence electrons. The molecule has 1 unspecified atom stereocenters. The summed E-state index contributed by atoms with van der Waals surface area (Å²) in [7, 11) is 1.41. The maximum Gasteiger partial charge on any atom is 0.305 e. The number of ether oxygens (including phenoxy) is 1. The van der Waals surface area contributed by atoms with Gasteiger partial charge in [0.15, 0.2) is 0 Å². The lowest BCUT2D eigenvalue weighted by molar-refractivity contribution is -0.140. The smallest absolute Gasteiger partial charge is 0.305 e. The first-order valence-corrected chi connectivity index (χ1v) is 7.57. The van der Waals surface area contributed by atoms with Crippen LogP contribution in [0.2, 0.25) is 0 Å². The van der Waals surface area contributed by atoms with Crippen molar-refractivity contribution in [2.24, 2.45) is 0 Å². The molecule has 2 rings (SSSR count). The first kappa shape index (κ1) is 15.0. The molecule has 0 aromatic heterocycles. The van der Waals surface area contributed by atoms with Crippen LogP contribution in [-0.4, -0.2) is 18.2 Å². The van der Waals surface area contributed by atoms with Gasteiger partial charge in [0.25, 0.3) is 0 Å². The number of carbonyl (C=O) groups is 1. The van der Waals surface area contributed by atoms with Crippen LogP contribution in [0.4, 0.5) is 0 Å². The highest BCUT2D eigenvalue weighted by Gasteiger charge is 2.13. The van der Waals surface area contributed by atoms with Crippen LogP contribution in [0.1, 0.15) is 61.3 Å². The monoisotopic (exact) mass is 276 g/mol. The molecule has 0 saturated heterocycles. The van der Waals surface area contributed by atoms with Crippen LogP contribution in [-0.2, 0) is 22.4 Å². The van der Waals surface area contributed by atoms with Crippen LogP contribution in [0.5, 0.6) is 0 Å². The number of aryl methyl sites for hydroxylation is 2. The summed E-state index contributed by atoms with van der Waals surface area (Å²) in [6.07, 6.45) is 7.18. The molecule has 1 aromatic carbocycles. The van der Waals surface area contributed by atoms with Crippen molar-refractivity contribution in [1.29, 1.82) is 0 Å². The number of esters is 1. The third kappa shape index (κ3) is 4.07. The SMILES string of the molecule is COC(=O)CCCCC(O)c1ccc2c(c1)CCCC2. The molecule has 1 atom stereocenters. The Morgan fingerprint density at radius 1 is 1.25 bits per heavy atom. The molecule has 0 aliphatic heterocycles. The largest absolute Gasteiger partial charge is 0.469 e. The summed E-state index contributed by atoms with van der Waals surface area (Å²) in [5.41, 5.74) is 3.86. The quantitative estimate of drug-likeness (QED) is 0.640. The predicted octanol–water partition coefficient (Wildman–Crippen LogP) is 3.33. The van der Waals surface area contributed by atoms with Gasteiger partial charge in [0, 0.05) is 6.42 Å². The molecule has 0 heterocycles. The summed E-state index contributed by atoms with van der Waals surface area (Å²) in [5.74, 6) is -0.173. The van der Waals surface area contributed by atoms with Gasteiger partial charge < -0.3 is 9.84 Å². The standard InChI is InChI=1S/C17H24O3/c1-20-17(19)9-5-4-8-16(18)15-11-10-13-6-2-3-7-14(13)12-15/h10-12,16,18H,2-9H2,1H3. The molecule has 3 nitrogen and oxygen atoms in total. The molecular weight excluding hydrogens is 252 g/mol. The van der Waals surface area contributed by atoms with Gasteiger partial charge in [0.05, 0.1) is 13.2 Å². The summed E-state index contributed by atoms with van der Waals surface area (Å²) < 4.78 is 4.60. The van der Waals surface area contributed by atoms with E-state index in [0.29, 0.717) is 12.8 Å². The van der Waals surface area contributed by atoms with Crippen LogP contribution in [0.25, 0.3) is 0 Å². The van der Waals surface area contributed by atoms with E-state index in [2.05, 4.69) is 22.9 Å². The highest BCUT2D eigenvalue weighted by Crippen LogP contribution is 2.26. The van der Waals surface area contributed by atoms with Crippen molar-refractivity contribution < 1.29 is 14.6 Å². The molecule has 20 heavy (non-hydrogen) atoms. The Bertz CT molecular complexity index is 454. The Hall–Kier alpha value is -1.35. The third-order valence-electron chi connectivity index (χ3n) is 4.09. The fourth-order valence-corrected chi connectivity index (χ4v) is 2.84. The van der Waals surface area contributed by atoms with Crippen molar-refractivity contribution in [1.82, 2.24) is 0 Å². The molecule has 1 aliphatic carbocycles. The minimum absolute atomic E-state index is 0.173. The zero-order valence-corrected chi connectivity index (χ0v) is 12.2. The molecule has 3 heteroatoms. The van der Waals surface area contributed by atoms with E-state index in [1.807, 2.05) is 0 Å². The molecule has 1 aliphatic rings. The number of unbranched alkanes of at least 4 members (excludes halogenated alkanes) is 1. The molecule has 0 radical (unpaired) electrons. The van der Waals surface area contributed by atoms with Gasteiger partial charge in [0.1, 0.15) is 0 Å². The summed E-state index contributed by atoms with van der Waals surface area (Å²) in [5, 5.41) is 10.2. The lowest BCUT2D eigenvalue weighted by Gasteiger charge is -2.18. The van der Waals surface area contributed by atoms with Crippen molar-refractivity contribution in [3.63, 3.8) is 0 Å². The Balaban J connectivity index is 1.83. The molecule has 0 bridgehead atoms. The Morgan fingerprint density at radius 3 is 2.75 bits per heavy atom. The van der Waals surface area contributed by atoms with Crippen molar-refractivity contribution in [2.75, 3.05) is 7.11 Å². The maximum absolute atomic E-state index is 11.0. The predicted molar refractivity (Wildman–Crippen MR) is 78.5 cm³/mol. The number of aliphatic hydroxyl groups excluding tert-OH is 1. The van der Waals surface area contributed by atoms with E-state index >= 15 is 0 Å². The number of hydrogen-bond donors (Lipinski definition) is 1. The summed E-state index contributed by atoms with van der Waals surface area (Å²) in [6, 6.07) is 6.39. The number of benzene rings is 1. The molecule has 1 aromatic rings. The maximum atomic E-state index is 11.0. The van der Waals surface area contributed by atoms with E-state index < -0.39 is 6.10 Å². The Morgan fingerprint density at radius 2 is 2.00 bits per heavy atom.